The van der Waals surface area contributed by atoms with E-state index >= 15 is 0 Å². The van der Waals surface area contributed by atoms with Crippen LogP contribution in [0.4, 0.5) is 17.1 Å². The number of carbonyl (C=O) groups excluding carboxylic acids is 1. The monoisotopic (exact) mass is 886 g/mol. The number of hydrogen-bond acceptors (Lipinski definition) is 11. The molecule has 6 heterocycles. The van der Waals surface area contributed by atoms with Crippen molar-refractivity contribution in [1.82, 2.24) is 24.5 Å². The van der Waals surface area contributed by atoms with Crippen molar-refractivity contribution < 1.29 is 22.7 Å². The number of sulfonamides is 1. The second-order valence-corrected chi connectivity index (χ2v) is 21.5. The van der Waals surface area contributed by atoms with Crippen LogP contribution in [-0.4, -0.2) is 92.1 Å². The molecule has 0 radical (unpaired) electrons. The Kier molecular flexibility index (Phi) is 11.1. The number of anilines is 3. The van der Waals surface area contributed by atoms with E-state index in [2.05, 4.69) is 86.8 Å². The van der Waals surface area contributed by atoms with Crippen LogP contribution in [0.3, 0.4) is 0 Å². The number of nitrogens with one attached hydrogen (secondary N) is 3. The van der Waals surface area contributed by atoms with Crippen molar-refractivity contribution in [2.45, 2.75) is 101 Å². The molecule has 2 atom stereocenters. The molecule has 4 fully saturated rings. The Labute approximate surface area is 377 Å². The molecule has 0 bridgehead atoms. The van der Waals surface area contributed by atoms with Gasteiger partial charge in [0.05, 0.1) is 27.9 Å². The van der Waals surface area contributed by atoms with Gasteiger partial charge in [-0.25, -0.2) is 18.1 Å². The predicted molar refractivity (Wildman–Crippen MR) is 252 cm³/mol. The quantitative estimate of drug-likeness (QED) is 0.0995. The minimum Gasteiger partial charge on any atom is -0.489 e. The third-order valence-corrected chi connectivity index (χ3v) is 16.6. The van der Waals surface area contributed by atoms with Crippen molar-refractivity contribution in [2.24, 2.45) is 11.3 Å². The van der Waals surface area contributed by atoms with Gasteiger partial charge in [-0.3, -0.25) is 9.69 Å². The van der Waals surface area contributed by atoms with Crippen LogP contribution in [0.25, 0.3) is 11.0 Å². The average Bonchev–Trinajstić information content (AvgIpc) is 3.96. The molecule has 1 aliphatic carbocycles. The summed E-state index contributed by atoms with van der Waals surface area (Å²) in [6, 6.07) is 22.1. The van der Waals surface area contributed by atoms with Crippen LogP contribution in [0.15, 0.2) is 84.0 Å². The van der Waals surface area contributed by atoms with Crippen molar-refractivity contribution in [3.05, 3.63) is 95.8 Å². The number of ether oxygens (including phenoxy) is 2. The molecule has 4 aliphatic heterocycles. The number of nitrogens with zero attached hydrogens (tertiary/aromatic N) is 4. The Morgan fingerprint density at radius 2 is 1.77 bits per heavy atom. The second-order valence-electron chi connectivity index (χ2n) is 19.8. The van der Waals surface area contributed by atoms with Crippen LogP contribution >= 0.6 is 0 Å². The zero-order valence-electron chi connectivity index (χ0n) is 37.5. The second kappa shape index (κ2) is 16.6. The SMILES string of the molecule is CC(C)c1ccccc1[C@@H]1CCCN1C1CC2(CCN(c3ccc(C(=O)NS(=O)(=O)c4cc(N)c5c(c4)OCC(C)(C4CCN(C)CC4)N5)c(Oc4cnc5[nH]ccc5c4)c3)CC2)C1. The summed E-state index contributed by atoms with van der Waals surface area (Å²) in [4.78, 5) is 29.0. The highest BCUT2D eigenvalue weighted by Gasteiger charge is 2.50. The standard InChI is InChI=1S/C50H62N8O5S/c1-32(2)39-8-5-6-9-40(39)43-10-7-19-58(43)36-28-50(29-36)16-22-57(23-17-50)35-11-12-41(44(25-35)63-37-24-33-13-18-52-47(33)53-30-37)48(59)55-64(60,61)38-26-42(51)46-45(27-38)62-31-49(3,54-46)34-14-20-56(4)21-15-34/h5-6,8-9,11-13,18,24-27,30,32,34,36,43,54H,7,10,14-17,19-23,28-29,31,51H2,1-4H3,(H,52,53)(H,55,59)/t43-,49?/m0/s1. The highest BCUT2D eigenvalue weighted by Crippen LogP contribution is 2.54. The molecule has 338 valence electrons. The van der Waals surface area contributed by atoms with Crippen LogP contribution in [0, 0.1) is 11.3 Å². The number of nitrogen functional groups attached to an aromatic ring is 1. The van der Waals surface area contributed by atoms with Gasteiger partial charge in [-0.15, -0.1) is 0 Å². The Balaban J connectivity index is 0.846. The van der Waals surface area contributed by atoms with Crippen molar-refractivity contribution in [1.29, 1.82) is 0 Å². The number of amides is 1. The third-order valence-electron chi connectivity index (χ3n) is 15.3. The maximum atomic E-state index is 14.1. The lowest BCUT2D eigenvalue weighted by atomic mass is 9.59. The molecule has 1 amide bonds. The van der Waals surface area contributed by atoms with E-state index in [1.807, 2.05) is 24.3 Å². The molecule has 1 unspecified atom stereocenters. The molecule has 10 rings (SSSR count). The van der Waals surface area contributed by atoms with Gasteiger partial charge in [-0.2, -0.15) is 0 Å². The first kappa shape index (κ1) is 42.6. The lowest BCUT2D eigenvalue weighted by molar-refractivity contribution is -0.0227. The Morgan fingerprint density at radius 1 is 0.984 bits per heavy atom. The molecule has 64 heavy (non-hydrogen) atoms. The number of hydrogen-bond donors (Lipinski definition) is 4. The summed E-state index contributed by atoms with van der Waals surface area (Å²) >= 11 is 0. The molecule has 3 saturated heterocycles. The molecular formula is C50H62N8O5S. The van der Waals surface area contributed by atoms with E-state index in [1.54, 1.807) is 18.5 Å². The predicted octanol–water partition coefficient (Wildman–Crippen LogP) is 8.67. The summed E-state index contributed by atoms with van der Waals surface area (Å²) in [7, 11) is -2.25. The third kappa shape index (κ3) is 8.06. The molecule has 2 aromatic heterocycles. The number of aromatic nitrogens is 2. The highest BCUT2D eigenvalue weighted by molar-refractivity contribution is 7.90. The van der Waals surface area contributed by atoms with Gasteiger partial charge in [0.2, 0.25) is 0 Å². The van der Waals surface area contributed by atoms with Gasteiger partial charge in [0.15, 0.2) is 0 Å². The molecular weight excluding hydrogens is 825 g/mol. The fourth-order valence-corrected chi connectivity index (χ4v) is 12.5. The molecule has 1 saturated carbocycles. The zero-order chi connectivity index (χ0) is 44.4. The fraction of sp³-hybridized carbons (Fsp3) is 0.480. The summed E-state index contributed by atoms with van der Waals surface area (Å²) in [5, 5.41) is 4.45. The minimum absolute atomic E-state index is 0.0776. The van der Waals surface area contributed by atoms with Gasteiger partial charge < -0.3 is 35.3 Å². The number of pyridine rings is 1. The first-order chi connectivity index (χ1) is 30.8. The van der Waals surface area contributed by atoms with Crippen molar-refractivity contribution in [2.75, 3.05) is 62.3 Å². The number of fused-ring (bicyclic) bond motifs is 2. The van der Waals surface area contributed by atoms with Gasteiger partial charge in [0.25, 0.3) is 15.9 Å². The molecule has 5 aliphatic rings. The lowest BCUT2D eigenvalue weighted by Crippen LogP contribution is -2.54. The number of nitrogens with two attached hydrogens (primary N) is 1. The molecule has 1 spiro atoms. The molecule has 5 N–H and O–H groups in total. The number of carbonyl (C=O) groups is 1. The van der Waals surface area contributed by atoms with E-state index in [0.717, 1.165) is 62.9 Å². The average molecular weight is 887 g/mol. The smallest absolute Gasteiger partial charge is 0.268 e. The zero-order valence-corrected chi connectivity index (χ0v) is 38.3. The van der Waals surface area contributed by atoms with Gasteiger partial charge in [0, 0.05) is 54.6 Å². The van der Waals surface area contributed by atoms with E-state index in [9.17, 15) is 13.2 Å². The van der Waals surface area contributed by atoms with Crippen molar-refractivity contribution in [3.63, 3.8) is 0 Å². The van der Waals surface area contributed by atoms with E-state index in [-0.39, 0.29) is 27.4 Å². The molecule has 5 aromatic rings. The number of aromatic amines is 1. The van der Waals surface area contributed by atoms with Crippen LogP contribution in [0.1, 0.15) is 106 Å². The van der Waals surface area contributed by atoms with Gasteiger partial charge >= 0.3 is 0 Å². The summed E-state index contributed by atoms with van der Waals surface area (Å²) in [5.41, 5.74) is 12.0. The fourth-order valence-electron chi connectivity index (χ4n) is 11.5. The van der Waals surface area contributed by atoms with Crippen molar-refractivity contribution >= 4 is 44.0 Å². The van der Waals surface area contributed by atoms with Crippen LogP contribution in [0.2, 0.25) is 0 Å². The normalized spacial score (nSPS) is 23.1. The summed E-state index contributed by atoms with van der Waals surface area (Å²) < 4.78 is 42.9. The first-order valence-corrected chi connectivity index (χ1v) is 24.7. The lowest BCUT2D eigenvalue weighted by Gasteiger charge is -2.56. The van der Waals surface area contributed by atoms with E-state index < -0.39 is 15.9 Å². The Bertz CT molecular complexity index is 2660. The highest BCUT2D eigenvalue weighted by atomic mass is 32.2. The molecule has 14 heteroatoms. The molecule has 3 aromatic carbocycles. The Hall–Kier alpha value is -5.31. The number of rotatable bonds is 10. The minimum atomic E-state index is -4.39. The maximum Gasteiger partial charge on any atom is 0.268 e. The van der Waals surface area contributed by atoms with Gasteiger partial charge in [0.1, 0.15) is 35.2 Å². The summed E-state index contributed by atoms with van der Waals surface area (Å²) in [6.45, 7) is 12.1. The van der Waals surface area contributed by atoms with Crippen LogP contribution in [0.5, 0.6) is 17.2 Å². The van der Waals surface area contributed by atoms with Crippen LogP contribution in [-0.2, 0) is 10.0 Å². The first-order valence-electron chi connectivity index (χ1n) is 23.2. The Morgan fingerprint density at radius 3 is 2.55 bits per heavy atom. The van der Waals surface area contributed by atoms with Crippen LogP contribution < -0.4 is 30.1 Å². The van der Waals surface area contributed by atoms with Gasteiger partial charge in [-0.05, 0) is 144 Å². The van der Waals surface area contributed by atoms with Gasteiger partial charge in [-0.1, -0.05) is 38.1 Å². The number of likely N-dealkylation sites (tertiary alicyclic amines) is 2. The number of benzene rings is 3. The van der Waals surface area contributed by atoms with E-state index in [0.29, 0.717) is 58.8 Å². The maximum absolute atomic E-state index is 14.1. The number of piperidine rings is 2. The molecule has 13 nitrogen and oxygen atoms in total. The topological polar surface area (TPSA) is 158 Å². The van der Waals surface area contributed by atoms with Crippen molar-refractivity contribution in [3.8, 4) is 17.2 Å². The summed E-state index contributed by atoms with van der Waals surface area (Å²) in [5.74, 6) is 1.06. The van der Waals surface area contributed by atoms with E-state index in [1.165, 1.54) is 55.5 Å². The summed E-state index contributed by atoms with van der Waals surface area (Å²) in [6.07, 6.45) is 12.6. The van der Waals surface area contributed by atoms with E-state index in [4.69, 9.17) is 15.2 Å². The largest absolute Gasteiger partial charge is 0.489 e. The number of H-pyrrole nitrogens is 1.